The minimum Gasteiger partial charge on any atom is -0.372 e. The first kappa shape index (κ1) is 42.7. The molecule has 252 valence electrons. The molecule has 4 fully saturated rings. The topological polar surface area (TPSA) is 130 Å². The van der Waals surface area contributed by atoms with E-state index in [0.717, 1.165) is 25.7 Å². The zero-order valence-corrected chi connectivity index (χ0v) is 29.9. The van der Waals surface area contributed by atoms with Crippen LogP contribution < -0.4 is 0 Å². The van der Waals surface area contributed by atoms with Gasteiger partial charge in [-0.05, 0) is 70.1 Å². The first-order valence-corrected chi connectivity index (χ1v) is 17.9. The fraction of sp³-hybridized carbons (Fsp3) is 0.931. The first-order chi connectivity index (χ1) is 18.3. The van der Waals surface area contributed by atoms with E-state index in [1.165, 1.54) is 25.7 Å². The first-order valence-electron chi connectivity index (χ1n) is 14.9. The van der Waals surface area contributed by atoms with E-state index in [9.17, 15) is 18.9 Å². The van der Waals surface area contributed by atoms with Crippen molar-refractivity contribution in [1.29, 1.82) is 0 Å². The molecule has 2 N–H and O–H groups in total. The Morgan fingerprint density at radius 1 is 0.619 bits per heavy atom. The summed E-state index contributed by atoms with van der Waals surface area (Å²) in [7, 11) is -7.92. The average molecular weight is 685 g/mol. The van der Waals surface area contributed by atoms with Gasteiger partial charge >= 0.3 is 32.7 Å². The fourth-order valence-electron chi connectivity index (χ4n) is 6.04. The van der Waals surface area contributed by atoms with Gasteiger partial charge in [-0.3, -0.25) is 18.1 Å². The Morgan fingerprint density at radius 3 is 1.45 bits per heavy atom. The van der Waals surface area contributed by atoms with Gasteiger partial charge in [-0.25, -0.2) is 9.13 Å². The Hall–Kier alpha value is 0.659. The molecule has 10 atom stereocenters. The normalized spacial score (nSPS) is 36.1. The number of ether oxygens (including phenoxy) is 2. The third kappa shape index (κ3) is 13.2. The summed E-state index contributed by atoms with van der Waals surface area (Å²) in [4.78, 5) is 19.5. The van der Waals surface area contributed by atoms with Crippen LogP contribution in [0.4, 0.5) is 0 Å². The summed E-state index contributed by atoms with van der Waals surface area (Å²) in [6.07, 6.45) is 8.58. The molecule has 0 radical (unpaired) electrons. The molecule has 0 aromatic carbocycles. The van der Waals surface area contributed by atoms with Gasteiger partial charge in [0.2, 0.25) is 0 Å². The number of rotatable bonds is 11. The molecule has 2 heterocycles. The smallest absolute Gasteiger partial charge is 0.372 e. The largest absolute Gasteiger partial charge is 2.00 e. The zero-order chi connectivity index (χ0) is 28.8. The van der Waals surface area contributed by atoms with Crippen LogP contribution in [0.3, 0.4) is 0 Å². The molecule has 13 heteroatoms. The summed E-state index contributed by atoms with van der Waals surface area (Å²) in [5, 5.41) is 0. The van der Waals surface area contributed by atoms with Gasteiger partial charge in [0.05, 0.1) is 44.2 Å². The summed E-state index contributed by atoms with van der Waals surface area (Å²) in [6, 6.07) is 0. The predicted molar refractivity (Wildman–Crippen MR) is 161 cm³/mol. The Bertz CT molecular complexity index is 839. The van der Waals surface area contributed by atoms with Crippen LogP contribution in [0.1, 0.15) is 92.9 Å². The summed E-state index contributed by atoms with van der Waals surface area (Å²) in [5.74, 6) is 1.64. The Balaban J connectivity index is 0.000000748. The van der Waals surface area contributed by atoms with Crippen molar-refractivity contribution in [2.24, 2.45) is 29.6 Å². The third-order valence-electron chi connectivity index (χ3n) is 9.25. The van der Waals surface area contributed by atoms with Crippen molar-refractivity contribution in [1.82, 2.24) is 0 Å². The van der Waals surface area contributed by atoms with E-state index in [-0.39, 0.29) is 75.0 Å². The van der Waals surface area contributed by atoms with Crippen molar-refractivity contribution < 1.29 is 63.6 Å². The Kier molecular flexibility index (Phi) is 19.7. The number of phosphoric ester groups is 2. The second kappa shape index (κ2) is 19.3. The molecule has 0 bridgehead atoms. The van der Waals surface area contributed by atoms with Crippen LogP contribution in [-0.4, -0.2) is 60.1 Å². The summed E-state index contributed by atoms with van der Waals surface area (Å²) in [5.41, 5.74) is 0. The SMILES string of the molecule is CC1[C@@H](COP(=O)(O)OCC2CCCC2)O[C@@H](C)[C@H]1C.C[C@@H]1O[C@H](C)C(OP(=O)(O)OCC2CCCC2)[C@@H]1C.[CH3-].[CH3-].[Fe+2]. The fourth-order valence-corrected chi connectivity index (χ4v) is 7.98. The molecular weight excluding hydrogens is 626 g/mol. The maximum absolute atomic E-state index is 12.0. The quantitative estimate of drug-likeness (QED) is 0.129. The summed E-state index contributed by atoms with van der Waals surface area (Å²) < 4.78 is 55.8. The van der Waals surface area contributed by atoms with Crippen molar-refractivity contribution in [3.05, 3.63) is 14.9 Å². The van der Waals surface area contributed by atoms with E-state index in [1.807, 2.05) is 27.7 Å². The second-order valence-electron chi connectivity index (χ2n) is 12.2. The molecule has 4 rings (SSSR count). The molecule has 4 aliphatic rings. The van der Waals surface area contributed by atoms with Gasteiger partial charge in [0.1, 0.15) is 6.10 Å². The number of hydrogen-bond donors (Lipinski definition) is 2. The Morgan fingerprint density at radius 2 is 1.05 bits per heavy atom. The maximum atomic E-state index is 12.0. The van der Waals surface area contributed by atoms with Crippen LogP contribution in [-0.2, 0) is 53.8 Å². The van der Waals surface area contributed by atoms with Crippen LogP contribution in [0.15, 0.2) is 0 Å². The molecule has 2 saturated carbocycles. The average Bonchev–Trinajstić information content (AvgIpc) is 3.67. The van der Waals surface area contributed by atoms with E-state index in [1.54, 1.807) is 0 Å². The monoisotopic (exact) mass is 684 g/mol. The predicted octanol–water partition coefficient (Wildman–Crippen LogP) is 7.39. The molecule has 4 unspecified atom stereocenters. The van der Waals surface area contributed by atoms with Gasteiger partial charge in [0.25, 0.3) is 0 Å². The molecule has 0 amide bonds. The molecule has 2 aliphatic carbocycles. The van der Waals surface area contributed by atoms with Crippen LogP contribution >= 0.6 is 15.6 Å². The Labute approximate surface area is 266 Å². The molecule has 10 nitrogen and oxygen atoms in total. The standard InChI is InChI=1S/C14H27O5P.C13H25O5P.2CH3.Fe/c1-10-11(2)14(19-12(10)3)9-18-20(15,16)17-8-13-6-4-5-7-13;1-9-10(2)17-11(3)13(9)18-19(14,15)16-8-12-6-4-5-7-12;;;/h10-14H,4-9H2,1-3H3,(H,15,16);9-13H,4-8H2,1-3H3,(H,14,15);2*1H3;/q;;2*-1;+2/t10-,11?,12-,14+;9-,10+,11-,13?;;;/m01.../s1. The van der Waals surface area contributed by atoms with E-state index in [4.69, 9.17) is 27.6 Å². The van der Waals surface area contributed by atoms with Crippen molar-refractivity contribution in [2.75, 3.05) is 19.8 Å². The molecule has 42 heavy (non-hydrogen) atoms. The van der Waals surface area contributed by atoms with Crippen molar-refractivity contribution in [3.63, 3.8) is 0 Å². The van der Waals surface area contributed by atoms with Gasteiger partial charge in [0, 0.05) is 5.92 Å². The maximum Gasteiger partial charge on any atom is 2.00 e. The van der Waals surface area contributed by atoms with E-state index >= 15 is 0 Å². The summed E-state index contributed by atoms with van der Waals surface area (Å²) in [6.45, 7) is 12.8. The number of phosphoric acid groups is 2. The van der Waals surface area contributed by atoms with Gasteiger partial charge in [0.15, 0.2) is 0 Å². The third-order valence-corrected chi connectivity index (χ3v) is 11.2. The van der Waals surface area contributed by atoms with Crippen molar-refractivity contribution in [2.45, 2.75) is 123 Å². The van der Waals surface area contributed by atoms with Crippen LogP contribution in [0, 0.1) is 44.4 Å². The van der Waals surface area contributed by atoms with Crippen LogP contribution in [0.25, 0.3) is 0 Å². The molecule has 2 saturated heterocycles. The van der Waals surface area contributed by atoms with E-state index < -0.39 is 15.6 Å². The van der Waals surface area contributed by atoms with Crippen molar-refractivity contribution in [3.8, 4) is 0 Å². The minimum absolute atomic E-state index is 0. The zero-order valence-electron chi connectivity index (χ0n) is 27.0. The second-order valence-corrected chi connectivity index (χ2v) is 15.1. The molecule has 2 aliphatic heterocycles. The molecule has 0 aromatic heterocycles. The van der Waals surface area contributed by atoms with Crippen LogP contribution in [0.2, 0.25) is 0 Å². The van der Waals surface area contributed by atoms with Gasteiger partial charge in [-0.1, -0.05) is 46.5 Å². The molecule has 0 aromatic rings. The van der Waals surface area contributed by atoms with Gasteiger partial charge < -0.3 is 34.1 Å². The van der Waals surface area contributed by atoms with Gasteiger partial charge in [-0.2, -0.15) is 0 Å². The van der Waals surface area contributed by atoms with E-state index in [2.05, 4.69) is 13.8 Å². The molecule has 0 spiro atoms. The van der Waals surface area contributed by atoms with Gasteiger partial charge in [-0.15, -0.1) is 0 Å². The minimum atomic E-state index is -3.98. The molecular formula is C29H58FeO10P2. The summed E-state index contributed by atoms with van der Waals surface area (Å²) >= 11 is 0. The number of hydrogen-bond acceptors (Lipinski definition) is 8. The van der Waals surface area contributed by atoms with Crippen molar-refractivity contribution >= 4 is 15.6 Å². The van der Waals surface area contributed by atoms with E-state index in [0.29, 0.717) is 36.9 Å². The van der Waals surface area contributed by atoms with Crippen LogP contribution in [0.5, 0.6) is 0 Å².